The van der Waals surface area contributed by atoms with Crippen LogP contribution >= 0.6 is 0 Å². The van der Waals surface area contributed by atoms with E-state index in [0.29, 0.717) is 17.1 Å². The quantitative estimate of drug-likeness (QED) is 0.191. The van der Waals surface area contributed by atoms with Crippen molar-refractivity contribution in [3.05, 3.63) is 154 Å². The van der Waals surface area contributed by atoms with E-state index in [1.165, 1.54) is 16.8 Å². The number of aliphatic hydroxyl groups excluding tert-OH is 1. The van der Waals surface area contributed by atoms with E-state index in [1.54, 1.807) is 38.5 Å². The minimum atomic E-state index is -1.10. The minimum Gasteiger partial charge on any atom is -0.497 e. The van der Waals surface area contributed by atoms with Crippen molar-refractivity contribution in [2.45, 2.75) is 30.5 Å². The van der Waals surface area contributed by atoms with Crippen molar-refractivity contribution in [2.24, 2.45) is 0 Å². The highest BCUT2D eigenvalue weighted by Gasteiger charge is 2.42. The zero-order valence-corrected chi connectivity index (χ0v) is 26.0. The average Bonchev–Trinajstić information content (AvgIpc) is 3.49. The Hall–Kier alpha value is -5.29. The minimum absolute atomic E-state index is 0.00197. The van der Waals surface area contributed by atoms with Gasteiger partial charge in [0.05, 0.1) is 26.9 Å². The largest absolute Gasteiger partial charge is 0.497 e. The van der Waals surface area contributed by atoms with E-state index in [9.17, 15) is 14.7 Å². The first kappa shape index (κ1) is 31.7. The lowest BCUT2D eigenvalue weighted by atomic mass is 9.80. The molecule has 0 spiro atoms. The van der Waals surface area contributed by atoms with Gasteiger partial charge in [-0.15, -0.1) is 0 Å². The van der Waals surface area contributed by atoms with Crippen LogP contribution < -0.4 is 20.5 Å². The lowest BCUT2D eigenvalue weighted by molar-refractivity contribution is -0.0944. The summed E-state index contributed by atoms with van der Waals surface area (Å²) in [5.74, 6) is 1.14. The molecule has 1 fully saturated rings. The number of carbonyl (C=O) groups excluding carboxylic acids is 1. The number of benzene rings is 4. The predicted molar refractivity (Wildman–Crippen MR) is 176 cm³/mol. The second-order valence-electron chi connectivity index (χ2n) is 11.1. The molecule has 240 valence electrons. The zero-order chi connectivity index (χ0) is 32.8. The Morgan fingerprint density at radius 3 is 1.96 bits per heavy atom. The van der Waals surface area contributed by atoms with E-state index in [4.69, 9.17) is 18.9 Å². The molecule has 1 aromatic heterocycles. The van der Waals surface area contributed by atoms with Crippen molar-refractivity contribution in [2.75, 3.05) is 26.1 Å². The van der Waals surface area contributed by atoms with Gasteiger partial charge < -0.3 is 29.4 Å². The van der Waals surface area contributed by atoms with Crippen LogP contribution in [0, 0.1) is 0 Å². The Balaban J connectivity index is 1.26. The third kappa shape index (κ3) is 6.66. The highest BCUT2D eigenvalue weighted by Crippen LogP contribution is 2.42. The van der Waals surface area contributed by atoms with Crippen LogP contribution in [0.1, 0.15) is 39.7 Å². The van der Waals surface area contributed by atoms with Crippen LogP contribution in [0.15, 0.2) is 126 Å². The normalized spacial score (nSPS) is 17.6. The van der Waals surface area contributed by atoms with Crippen molar-refractivity contribution < 1.29 is 28.8 Å². The van der Waals surface area contributed by atoms with Gasteiger partial charge >= 0.3 is 5.69 Å². The molecule has 0 radical (unpaired) electrons. The molecule has 47 heavy (non-hydrogen) atoms. The summed E-state index contributed by atoms with van der Waals surface area (Å²) < 4.78 is 25.3. The smallest absolute Gasteiger partial charge is 0.351 e. The molecule has 3 atom stereocenters. The summed E-state index contributed by atoms with van der Waals surface area (Å²) in [6.07, 6.45) is -0.826. The van der Waals surface area contributed by atoms with E-state index in [-0.39, 0.29) is 24.8 Å². The maximum Gasteiger partial charge on any atom is 0.351 e. The topological polar surface area (TPSA) is 121 Å². The van der Waals surface area contributed by atoms with E-state index < -0.39 is 29.7 Å². The van der Waals surface area contributed by atoms with Gasteiger partial charge in [-0.1, -0.05) is 72.8 Å². The van der Waals surface area contributed by atoms with Crippen molar-refractivity contribution in [3.8, 4) is 11.5 Å². The van der Waals surface area contributed by atoms with Crippen LogP contribution in [0.3, 0.4) is 0 Å². The van der Waals surface area contributed by atoms with Gasteiger partial charge in [0.15, 0.2) is 0 Å². The molecule has 0 aliphatic carbocycles. The zero-order valence-electron chi connectivity index (χ0n) is 26.0. The lowest BCUT2D eigenvalue weighted by Gasteiger charge is -2.37. The SMILES string of the molecule is COc1ccc(C(OC[C@@H]2O[C@H](n3ccc(NC(=O)c4ccccc4)nc3=O)C[C@H]2O)(c2ccccc2)c2ccc(OC)cc2)cc1. The molecule has 0 unspecified atom stereocenters. The van der Waals surface area contributed by atoms with Crippen LogP contribution in [0.4, 0.5) is 5.82 Å². The number of hydrogen-bond acceptors (Lipinski definition) is 8. The summed E-state index contributed by atoms with van der Waals surface area (Å²) in [5, 5.41) is 13.8. The molecule has 2 N–H and O–H groups in total. The highest BCUT2D eigenvalue weighted by molar-refractivity contribution is 6.03. The number of nitrogens with zero attached hydrogens (tertiary/aromatic N) is 2. The Morgan fingerprint density at radius 2 is 1.40 bits per heavy atom. The first-order valence-electron chi connectivity index (χ1n) is 15.2. The number of rotatable bonds is 11. The van der Waals surface area contributed by atoms with E-state index in [2.05, 4.69) is 10.3 Å². The molecule has 1 amide bonds. The number of aliphatic hydroxyl groups is 1. The molecule has 10 nitrogen and oxygen atoms in total. The number of anilines is 1. The summed E-state index contributed by atoms with van der Waals surface area (Å²) >= 11 is 0. The van der Waals surface area contributed by atoms with Gasteiger partial charge in [-0.05, 0) is 59.2 Å². The Bertz CT molecular complexity index is 1800. The molecule has 0 saturated carbocycles. The molecule has 2 heterocycles. The van der Waals surface area contributed by atoms with Crippen molar-refractivity contribution in [1.82, 2.24) is 9.55 Å². The molecule has 6 rings (SSSR count). The Labute approximate surface area is 272 Å². The number of hydrogen-bond donors (Lipinski definition) is 2. The van der Waals surface area contributed by atoms with Gasteiger partial charge in [0.2, 0.25) is 0 Å². The lowest BCUT2D eigenvalue weighted by Crippen LogP contribution is -2.38. The first-order chi connectivity index (χ1) is 22.9. The average molecular weight is 634 g/mol. The van der Waals surface area contributed by atoms with Crippen molar-refractivity contribution in [1.29, 1.82) is 0 Å². The van der Waals surface area contributed by atoms with Gasteiger partial charge in [-0.2, -0.15) is 4.98 Å². The first-order valence-corrected chi connectivity index (χ1v) is 15.2. The summed E-state index contributed by atoms with van der Waals surface area (Å²) in [6, 6.07) is 35.3. The third-order valence-corrected chi connectivity index (χ3v) is 8.26. The van der Waals surface area contributed by atoms with Crippen molar-refractivity contribution in [3.63, 3.8) is 0 Å². The third-order valence-electron chi connectivity index (χ3n) is 8.26. The Morgan fingerprint density at radius 1 is 0.851 bits per heavy atom. The molecule has 0 bridgehead atoms. The van der Waals surface area contributed by atoms with Crippen LogP contribution in [0.5, 0.6) is 11.5 Å². The Kier molecular flexibility index (Phi) is 9.44. The van der Waals surface area contributed by atoms with Gasteiger partial charge in [0, 0.05) is 18.2 Å². The highest BCUT2D eigenvalue weighted by atomic mass is 16.6. The number of nitrogens with one attached hydrogen (secondary N) is 1. The number of amides is 1. The van der Waals surface area contributed by atoms with Crippen LogP contribution in [-0.2, 0) is 15.1 Å². The second-order valence-corrected chi connectivity index (χ2v) is 11.1. The van der Waals surface area contributed by atoms with E-state index in [0.717, 1.165) is 16.7 Å². The summed E-state index contributed by atoms with van der Waals surface area (Å²) in [4.78, 5) is 29.6. The number of methoxy groups -OCH3 is 2. The maximum absolute atomic E-state index is 13.0. The molecule has 1 aliphatic rings. The van der Waals surface area contributed by atoms with Gasteiger partial charge in [0.25, 0.3) is 5.91 Å². The molecular weight excluding hydrogens is 598 g/mol. The molecule has 1 aliphatic heterocycles. The fourth-order valence-corrected chi connectivity index (χ4v) is 5.80. The van der Waals surface area contributed by atoms with Crippen LogP contribution in [0.25, 0.3) is 0 Å². The van der Waals surface area contributed by atoms with Gasteiger partial charge in [0.1, 0.15) is 35.2 Å². The number of carbonyl (C=O) groups is 1. The van der Waals surface area contributed by atoms with Gasteiger partial charge in [-0.25, -0.2) is 4.79 Å². The predicted octanol–water partition coefficient (Wildman–Crippen LogP) is 5.17. The van der Waals surface area contributed by atoms with Crippen LogP contribution in [-0.4, -0.2) is 53.6 Å². The summed E-state index contributed by atoms with van der Waals surface area (Å²) in [7, 11) is 3.23. The second kappa shape index (κ2) is 14.0. The monoisotopic (exact) mass is 633 g/mol. The standard InChI is InChI=1S/C37H35N3O7/c1-44-29-17-13-27(14-18-29)37(26-11-7-4-8-12-26,28-15-19-30(45-2)20-16-28)46-24-32-31(41)23-34(47-32)40-22-21-33(39-36(40)43)38-35(42)25-9-5-3-6-10-25/h3-22,31-32,34,41H,23-24H2,1-2H3,(H,38,39,42,43)/t31-,32+,34+/m1/s1. The molecule has 4 aromatic carbocycles. The van der Waals surface area contributed by atoms with Crippen LogP contribution in [0.2, 0.25) is 0 Å². The molecule has 5 aromatic rings. The van der Waals surface area contributed by atoms with E-state index in [1.807, 2.05) is 84.9 Å². The molecule has 10 heteroatoms. The molecule has 1 saturated heterocycles. The maximum atomic E-state index is 13.0. The number of aromatic nitrogens is 2. The van der Waals surface area contributed by atoms with E-state index >= 15 is 0 Å². The number of ether oxygens (including phenoxy) is 4. The fraction of sp³-hybridized carbons (Fsp3) is 0.216. The fourth-order valence-electron chi connectivity index (χ4n) is 5.80. The summed E-state index contributed by atoms with van der Waals surface area (Å²) in [6.45, 7) is -0.00197. The van der Waals surface area contributed by atoms with Gasteiger partial charge in [-0.3, -0.25) is 9.36 Å². The molecular formula is C37H35N3O7. The van der Waals surface area contributed by atoms with Crippen molar-refractivity contribution >= 4 is 11.7 Å². The summed E-state index contributed by atoms with van der Waals surface area (Å²) in [5.41, 5.74) is 1.27.